The molecule has 2 bridgehead atoms. The van der Waals surface area contributed by atoms with Crippen LogP contribution in [0.3, 0.4) is 0 Å². The van der Waals surface area contributed by atoms with Crippen molar-refractivity contribution >= 4 is 40.0 Å². The van der Waals surface area contributed by atoms with Gasteiger partial charge < -0.3 is 25.0 Å². The van der Waals surface area contributed by atoms with Gasteiger partial charge in [-0.05, 0) is 82.1 Å². The maximum Gasteiger partial charge on any atom is 0.319 e. The van der Waals surface area contributed by atoms with Gasteiger partial charge in [-0.2, -0.15) is 9.97 Å². The molecule has 2 aliphatic heterocycles. The van der Waals surface area contributed by atoms with E-state index in [4.69, 9.17) is 21.3 Å². The van der Waals surface area contributed by atoms with Gasteiger partial charge in [0.1, 0.15) is 17.1 Å². The molecule has 1 aromatic heterocycles. The lowest BCUT2D eigenvalue weighted by Gasteiger charge is -2.34. The zero-order chi connectivity index (χ0) is 28.4. The van der Waals surface area contributed by atoms with Gasteiger partial charge >= 0.3 is 6.01 Å². The minimum Gasteiger partial charge on any atom is -0.508 e. The maximum atomic E-state index is 16.3. The van der Waals surface area contributed by atoms with Gasteiger partial charge in [0.15, 0.2) is 5.82 Å². The molecule has 5 rings (SSSR count). The fraction of sp³-hybridized carbons (Fsp3) is 0.419. The lowest BCUT2D eigenvalue weighted by atomic mass is 10.0. The van der Waals surface area contributed by atoms with E-state index in [0.29, 0.717) is 35.5 Å². The summed E-state index contributed by atoms with van der Waals surface area (Å²) in [6.07, 6.45) is 6.20. The number of hydrogen-bond acceptors (Lipinski definition) is 7. The molecular weight excluding hydrogens is 529 g/mol. The van der Waals surface area contributed by atoms with Gasteiger partial charge in [0.2, 0.25) is 0 Å². The van der Waals surface area contributed by atoms with Crippen LogP contribution >= 0.6 is 11.6 Å². The molecule has 9 heteroatoms. The number of aryl methyl sites for hydroxylation is 1. The molecule has 2 saturated heterocycles. The van der Waals surface area contributed by atoms with Crippen molar-refractivity contribution < 1.29 is 14.2 Å². The van der Waals surface area contributed by atoms with Crippen LogP contribution in [-0.2, 0) is 0 Å². The molecule has 2 atom stereocenters. The van der Waals surface area contributed by atoms with Crippen molar-refractivity contribution in [2.75, 3.05) is 45.2 Å². The van der Waals surface area contributed by atoms with Crippen molar-refractivity contribution in [3.63, 3.8) is 0 Å². The number of benzene rings is 2. The molecule has 7 nitrogen and oxygen atoms in total. The maximum absolute atomic E-state index is 16.3. The van der Waals surface area contributed by atoms with Crippen molar-refractivity contribution in [1.29, 1.82) is 0 Å². The normalized spacial score (nSPS) is 19.6. The number of nitrogens with one attached hydrogen (secondary N) is 1. The first kappa shape index (κ1) is 28.3. The molecule has 0 spiro atoms. The highest BCUT2D eigenvalue weighted by Crippen LogP contribution is 2.38. The summed E-state index contributed by atoms with van der Waals surface area (Å²) in [5, 5.41) is 15.1. The first-order chi connectivity index (χ1) is 19.2. The quantitative estimate of drug-likeness (QED) is 0.187. The van der Waals surface area contributed by atoms with Crippen LogP contribution in [-0.4, -0.2) is 72.4 Å². The second-order valence-electron chi connectivity index (χ2n) is 11.1. The van der Waals surface area contributed by atoms with Gasteiger partial charge in [-0.1, -0.05) is 35.9 Å². The molecule has 3 aromatic rings. The third kappa shape index (κ3) is 6.24. The highest BCUT2D eigenvalue weighted by Gasteiger charge is 2.34. The van der Waals surface area contributed by atoms with Crippen molar-refractivity contribution in [3.05, 3.63) is 69.7 Å². The number of aliphatic hydroxyl groups excluding tert-OH is 1. The topological polar surface area (TPSA) is 73.8 Å². The predicted octanol–water partition coefficient (Wildman–Crippen LogP) is 6.00. The van der Waals surface area contributed by atoms with Gasteiger partial charge in [-0.3, -0.25) is 0 Å². The molecule has 2 N–H and O–H groups in total. The Morgan fingerprint density at radius 2 is 1.95 bits per heavy atom. The molecule has 0 aliphatic carbocycles. The van der Waals surface area contributed by atoms with E-state index < -0.39 is 5.82 Å². The van der Waals surface area contributed by atoms with E-state index in [1.165, 1.54) is 6.08 Å². The number of aliphatic hydroxyl groups is 1. The summed E-state index contributed by atoms with van der Waals surface area (Å²) in [4.78, 5) is 13.6. The van der Waals surface area contributed by atoms with E-state index >= 15 is 4.39 Å². The molecule has 212 valence electrons. The van der Waals surface area contributed by atoms with Crippen LogP contribution in [0.4, 0.5) is 10.2 Å². The lowest BCUT2D eigenvalue weighted by Crippen LogP contribution is -2.51. The fourth-order valence-corrected chi connectivity index (χ4v) is 5.93. The highest BCUT2D eigenvalue weighted by molar-refractivity contribution is 6.33. The van der Waals surface area contributed by atoms with Crippen LogP contribution in [0.25, 0.3) is 22.6 Å². The number of fused-ring (bicyclic) bond motifs is 3. The Kier molecular flexibility index (Phi) is 8.59. The number of aromatic nitrogens is 2. The van der Waals surface area contributed by atoms with Crippen LogP contribution in [0.5, 0.6) is 6.01 Å². The highest BCUT2D eigenvalue weighted by atomic mass is 35.5. The van der Waals surface area contributed by atoms with E-state index in [1.54, 1.807) is 19.1 Å². The average molecular weight is 566 g/mol. The van der Waals surface area contributed by atoms with Crippen molar-refractivity contribution in [3.8, 4) is 6.01 Å². The monoisotopic (exact) mass is 565 g/mol. The summed E-state index contributed by atoms with van der Waals surface area (Å²) < 4.78 is 22.2. The number of anilines is 1. The van der Waals surface area contributed by atoms with Gasteiger partial charge in [0, 0.05) is 42.7 Å². The average Bonchev–Trinajstić information content (AvgIpc) is 3.24. The third-order valence-electron chi connectivity index (χ3n) is 7.59. The molecule has 2 unspecified atom stereocenters. The standard InChI is InChI=1S/C31H37ClFN5O2/c1-19-8-5-6-9-21(19)15-24(39)14-20(2)27-26(32)16-25-29(28(27)33)35-31(40-13-7-12-37(3)4)36-30(25)38-17-22-10-11-23(18-38)34-22/h5-6,8-9,14-16,22-23,34,39H,7,10-13,17-18H2,1-4H3/b20-14+,24-15+. The first-order valence-corrected chi connectivity index (χ1v) is 14.2. The van der Waals surface area contributed by atoms with E-state index in [0.717, 1.165) is 50.0 Å². The molecule has 3 heterocycles. The first-order valence-electron chi connectivity index (χ1n) is 13.8. The number of nitrogens with zero attached hydrogens (tertiary/aromatic N) is 4. The zero-order valence-corrected chi connectivity index (χ0v) is 24.3. The number of rotatable bonds is 9. The molecule has 0 saturated carbocycles. The molecule has 40 heavy (non-hydrogen) atoms. The zero-order valence-electron chi connectivity index (χ0n) is 23.5. The molecule has 2 aromatic carbocycles. The van der Waals surface area contributed by atoms with Crippen LogP contribution in [0, 0.1) is 12.7 Å². The fourth-order valence-electron chi connectivity index (χ4n) is 5.58. The summed E-state index contributed by atoms with van der Waals surface area (Å²) in [5.74, 6) is 0.0917. The summed E-state index contributed by atoms with van der Waals surface area (Å²) >= 11 is 6.72. The largest absolute Gasteiger partial charge is 0.508 e. The number of piperazine rings is 1. The summed E-state index contributed by atoms with van der Waals surface area (Å²) in [6.45, 7) is 6.54. The van der Waals surface area contributed by atoms with E-state index in [9.17, 15) is 5.11 Å². The van der Waals surface area contributed by atoms with Gasteiger partial charge in [-0.15, -0.1) is 0 Å². The smallest absolute Gasteiger partial charge is 0.319 e. The van der Waals surface area contributed by atoms with E-state index in [-0.39, 0.29) is 27.9 Å². The molecule has 2 fully saturated rings. The minimum atomic E-state index is -0.556. The van der Waals surface area contributed by atoms with E-state index in [1.807, 2.05) is 45.3 Å². The van der Waals surface area contributed by atoms with Crippen molar-refractivity contribution in [2.24, 2.45) is 0 Å². The Balaban J connectivity index is 1.55. The Bertz CT molecular complexity index is 1450. The second-order valence-corrected chi connectivity index (χ2v) is 11.5. The van der Waals surface area contributed by atoms with Crippen molar-refractivity contribution in [1.82, 2.24) is 20.2 Å². The lowest BCUT2D eigenvalue weighted by molar-refractivity contribution is 0.264. The predicted molar refractivity (Wildman–Crippen MR) is 161 cm³/mol. The summed E-state index contributed by atoms with van der Waals surface area (Å²) in [6, 6.07) is 10.4. The summed E-state index contributed by atoms with van der Waals surface area (Å²) in [7, 11) is 4.02. The van der Waals surface area contributed by atoms with Crippen LogP contribution in [0.1, 0.15) is 42.9 Å². The van der Waals surface area contributed by atoms with Crippen LogP contribution < -0.4 is 15.0 Å². The number of allylic oxidation sites excluding steroid dienone is 2. The SMILES string of the molecule is C/C(=C\C(O)=C/c1ccccc1C)c1c(Cl)cc2c(N3CC4CCC(C3)N4)nc(OCCCN(C)C)nc2c1F. The number of hydrogen-bond donors (Lipinski definition) is 2. The second kappa shape index (κ2) is 12.1. The Morgan fingerprint density at radius 3 is 2.65 bits per heavy atom. The molecule has 0 radical (unpaired) electrons. The molecular formula is C31H37ClFN5O2. The van der Waals surface area contributed by atoms with Crippen molar-refractivity contribution in [2.45, 2.75) is 45.2 Å². The van der Waals surface area contributed by atoms with Gasteiger partial charge in [0.25, 0.3) is 0 Å². The van der Waals surface area contributed by atoms with Crippen LogP contribution in [0.15, 0.2) is 42.2 Å². The van der Waals surface area contributed by atoms with E-state index in [2.05, 4.69) is 20.1 Å². The number of halogens is 2. The Hall–Kier alpha value is -3.20. The third-order valence-corrected chi connectivity index (χ3v) is 7.89. The van der Waals surface area contributed by atoms with Gasteiger partial charge in [-0.25, -0.2) is 4.39 Å². The summed E-state index contributed by atoms with van der Waals surface area (Å²) in [5.41, 5.74) is 2.75. The Labute approximate surface area is 240 Å². The Morgan fingerprint density at radius 1 is 1.23 bits per heavy atom. The number of ether oxygens (including phenoxy) is 1. The minimum absolute atomic E-state index is 0.00643. The molecule has 2 aliphatic rings. The van der Waals surface area contributed by atoms with Crippen LogP contribution in [0.2, 0.25) is 5.02 Å². The molecule has 0 amide bonds. The van der Waals surface area contributed by atoms with Gasteiger partial charge in [0.05, 0.1) is 11.6 Å².